The van der Waals surface area contributed by atoms with Gasteiger partial charge < -0.3 is 20.3 Å². The summed E-state index contributed by atoms with van der Waals surface area (Å²) in [7, 11) is 0. The fourth-order valence-electron chi connectivity index (χ4n) is 3.60. The number of halogens is 1. The van der Waals surface area contributed by atoms with Crippen LogP contribution in [0, 0.1) is 5.92 Å². The molecule has 2 aliphatic heterocycles. The Morgan fingerprint density at radius 3 is 2.78 bits per heavy atom. The lowest BCUT2D eigenvalue weighted by atomic mass is 10.0. The Hall–Kier alpha value is -0.450. The molecule has 3 rings (SSSR count). The van der Waals surface area contributed by atoms with E-state index in [-0.39, 0.29) is 24.0 Å². The van der Waals surface area contributed by atoms with E-state index in [0.29, 0.717) is 12.6 Å². The van der Waals surface area contributed by atoms with Crippen molar-refractivity contribution >= 4 is 41.3 Å². The molecule has 1 aromatic rings. The standard InChI is InChI=1S/C19H33N5OS.HI/c1-3-17-11-21-18(26-17)12-22-19(20-4-2)23-16-5-8-24(9-6-16)13-15-7-10-25-14-15;/h11,15-16H,3-10,12-14H2,1-2H3,(H2,20,22,23);1H. The molecule has 0 aliphatic carbocycles. The number of likely N-dealkylation sites (tertiary alicyclic amines) is 1. The fourth-order valence-corrected chi connectivity index (χ4v) is 4.38. The van der Waals surface area contributed by atoms with Crippen molar-refractivity contribution < 1.29 is 4.74 Å². The monoisotopic (exact) mass is 507 g/mol. The molecule has 2 N–H and O–H groups in total. The van der Waals surface area contributed by atoms with E-state index in [4.69, 9.17) is 9.73 Å². The highest BCUT2D eigenvalue weighted by Gasteiger charge is 2.24. The smallest absolute Gasteiger partial charge is 0.191 e. The number of hydrogen-bond acceptors (Lipinski definition) is 5. The second-order valence-electron chi connectivity index (χ2n) is 7.22. The molecular weight excluding hydrogens is 473 g/mol. The summed E-state index contributed by atoms with van der Waals surface area (Å²) >= 11 is 1.76. The number of piperidine rings is 1. The van der Waals surface area contributed by atoms with Crippen LogP contribution in [0.1, 0.15) is 43.0 Å². The van der Waals surface area contributed by atoms with Crippen LogP contribution in [0.5, 0.6) is 0 Å². The first kappa shape index (κ1) is 22.8. The summed E-state index contributed by atoms with van der Waals surface area (Å²) < 4.78 is 5.50. The van der Waals surface area contributed by atoms with Crippen LogP contribution < -0.4 is 10.6 Å². The number of thiazole rings is 1. The Bertz CT molecular complexity index is 568. The molecule has 1 aromatic heterocycles. The molecular formula is C19H34IN5OS. The van der Waals surface area contributed by atoms with Gasteiger partial charge in [0.05, 0.1) is 13.2 Å². The van der Waals surface area contributed by atoms with Crippen LogP contribution >= 0.6 is 35.3 Å². The highest BCUT2D eigenvalue weighted by Crippen LogP contribution is 2.18. The fraction of sp³-hybridized carbons (Fsp3) is 0.789. The first-order chi connectivity index (χ1) is 12.8. The van der Waals surface area contributed by atoms with E-state index in [0.717, 1.165) is 43.1 Å². The van der Waals surface area contributed by atoms with Gasteiger partial charge >= 0.3 is 0 Å². The number of rotatable bonds is 7. The molecule has 27 heavy (non-hydrogen) atoms. The van der Waals surface area contributed by atoms with Crippen molar-refractivity contribution in [3.05, 3.63) is 16.1 Å². The van der Waals surface area contributed by atoms with Crippen LogP contribution in [0.2, 0.25) is 0 Å². The molecule has 1 unspecified atom stereocenters. The number of nitrogens with one attached hydrogen (secondary N) is 2. The molecule has 8 heteroatoms. The van der Waals surface area contributed by atoms with Gasteiger partial charge in [0.25, 0.3) is 0 Å². The summed E-state index contributed by atoms with van der Waals surface area (Å²) in [5.74, 6) is 1.66. The predicted octanol–water partition coefficient (Wildman–Crippen LogP) is 2.88. The molecule has 3 heterocycles. The Balaban J connectivity index is 0.00000261. The third-order valence-electron chi connectivity index (χ3n) is 5.14. The molecule has 154 valence electrons. The zero-order valence-electron chi connectivity index (χ0n) is 16.6. The highest BCUT2D eigenvalue weighted by molar-refractivity contribution is 14.0. The van der Waals surface area contributed by atoms with Gasteiger partial charge in [-0.1, -0.05) is 6.92 Å². The molecule has 2 fully saturated rings. The van der Waals surface area contributed by atoms with Gasteiger partial charge in [-0.3, -0.25) is 0 Å². The maximum atomic E-state index is 5.50. The van der Waals surface area contributed by atoms with Crippen LogP contribution in [0.4, 0.5) is 0 Å². The number of guanidine groups is 1. The zero-order chi connectivity index (χ0) is 18.2. The molecule has 0 aromatic carbocycles. The predicted molar refractivity (Wildman–Crippen MR) is 123 cm³/mol. The summed E-state index contributed by atoms with van der Waals surface area (Å²) in [6, 6.07) is 0.506. The summed E-state index contributed by atoms with van der Waals surface area (Å²) in [6.45, 7) is 11.2. The number of aromatic nitrogens is 1. The Morgan fingerprint density at radius 2 is 2.15 bits per heavy atom. The van der Waals surface area contributed by atoms with E-state index >= 15 is 0 Å². The molecule has 0 radical (unpaired) electrons. The molecule has 0 saturated carbocycles. The quantitative estimate of drug-likeness (QED) is 0.338. The molecule has 1 atom stereocenters. The van der Waals surface area contributed by atoms with E-state index in [9.17, 15) is 0 Å². The number of nitrogens with zero attached hydrogens (tertiary/aromatic N) is 3. The van der Waals surface area contributed by atoms with Crippen molar-refractivity contribution in [3.63, 3.8) is 0 Å². The maximum absolute atomic E-state index is 5.50. The van der Waals surface area contributed by atoms with Gasteiger partial charge in [-0.05, 0) is 38.5 Å². The second-order valence-corrected chi connectivity index (χ2v) is 8.42. The van der Waals surface area contributed by atoms with E-state index in [1.165, 1.54) is 43.8 Å². The Morgan fingerprint density at radius 1 is 1.33 bits per heavy atom. The summed E-state index contributed by atoms with van der Waals surface area (Å²) in [4.78, 5) is 13.1. The third kappa shape index (κ3) is 7.47. The Kier molecular flexibility index (Phi) is 10.3. The normalized spacial score (nSPS) is 21.9. The molecule has 2 aliphatic rings. The lowest BCUT2D eigenvalue weighted by Crippen LogP contribution is -2.49. The maximum Gasteiger partial charge on any atom is 0.191 e. The van der Waals surface area contributed by atoms with Gasteiger partial charge in [0.1, 0.15) is 5.01 Å². The summed E-state index contributed by atoms with van der Waals surface area (Å²) in [5.41, 5.74) is 0. The molecule has 6 nitrogen and oxygen atoms in total. The molecule has 0 bridgehead atoms. The molecule has 0 amide bonds. The summed E-state index contributed by atoms with van der Waals surface area (Å²) in [6.07, 6.45) is 6.60. The lowest BCUT2D eigenvalue weighted by Gasteiger charge is -2.34. The minimum Gasteiger partial charge on any atom is -0.381 e. The lowest BCUT2D eigenvalue weighted by molar-refractivity contribution is 0.150. The van der Waals surface area contributed by atoms with Gasteiger partial charge in [0.15, 0.2) is 5.96 Å². The largest absolute Gasteiger partial charge is 0.381 e. The summed E-state index contributed by atoms with van der Waals surface area (Å²) in [5, 5.41) is 8.09. The van der Waals surface area contributed by atoms with Gasteiger partial charge in [-0.25, -0.2) is 9.98 Å². The third-order valence-corrected chi connectivity index (χ3v) is 6.26. The van der Waals surface area contributed by atoms with Gasteiger partial charge in [0.2, 0.25) is 0 Å². The van der Waals surface area contributed by atoms with Crippen molar-refractivity contribution in [2.24, 2.45) is 10.9 Å². The van der Waals surface area contributed by atoms with Gasteiger partial charge in [0, 0.05) is 49.9 Å². The first-order valence-corrected chi connectivity index (χ1v) is 10.9. The minimum atomic E-state index is 0. The van der Waals surface area contributed by atoms with E-state index in [1.807, 2.05) is 6.20 Å². The van der Waals surface area contributed by atoms with Crippen molar-refractivity contribution in [1.29, 1.82) is 0 Å². The van der Waals surface area contributed by atoms with E-state index in [1.54, 1.807) is 11.3 Å². The van der Waals surface area contributed by atoms with Gasteiger partial charge in [-0.2, -0.15) is 0 Å². The van der Waals surface area contributed by atoms with Crippen LogP contribution in [0.15, 0.2) is 11.2 Å². The van der Waals surface area contributed by atoms with E-state index < -0.39 is 0 Å². The SMILES string of the molecule is CCNC(=NCc1ncc(CC)s1)NC1CCN(CC2CCOC2)CC1.I. The van der Waals surface area contributed by atoms with Gasteiger partial charge in [-0.15, -0.1) is 35.3 Å². The van der Waals surface area contributed by atoms with Crippen molar-refractivity contribution in [2.45, 2.75) is 52.1 Å². The highest BCUT2D eigenvalue weighted by atomic mass is 127. The number of ether oxygens (including phenoxy) is 1. The van der Waals surface area contributed by atoms with Crippen LogP contribution in [0.3, 0.4) is 0 Å². The van der Waals surface area contributed by atoms with Crippen molar-refractivity contribution in [2.75, 3.05) is 39.4 Å². The minimum absolute atomic E-state index is 0. The van der Waals surface area contributed by atoms with Crippen molar-refractivity contribution in [1.82, 2.24) is 20.5 Å². The van der Waals surface area contributed by atoms with Crippen LogP contribution in [-0.4, -0.2) is 61.3 Å². The van der Waals surface area contributed by atoms with Crippen LogP contribution in [-0.2, 0) is 17.7 Å². The average molecular weight is 507 g/mol. The van der Waals surface area contributed by atoms with Crippen LogP contribution in [0.25, 0.3) is 0 Å². The molecule has 0 spiro atoms. The zero-order valence-corrected chi connectivity index (χ0v) is 19.7. The Labute approximate surface area is 184 Å². The average Bonchev–Trinajstić information content (AvgIpc) is 3.33. The second kappa shape index (κ2) is 12.2. The first-order valence-electron chi connectivity index (χ1n) is 10.0. The topological polar surface area (TPSA) is 61.8 Å². The number of aliphatic imine (C=N–C) groups is 1. The molecule has 2 saturated heterocycles. The number of aryl methyl sites for hydroxylation is 1. The number of hydrogen-bond donors (Lipinski definition) is 2. The van der Waals surface area contributed by atoms with Crippen molar-refractivity contribution in [3.8, 4) is 0 Å². The van der Waals surface area contributed by atoms with E-state index in [2.05, 4.69) is 34.4 Å².